The average molecular weight is 206 g/mol. The number of hydrogen-bond donors (Lipinski definition) is 1. The summed E-state index contributed by atoms with van der Waals surface area (Å²) in [5.41, 5.74) is 0. The second-order valence-electron chi connectivity index (χ2n) is 2.42. The van der Waals surface area contributed by atoms with Crippen molar-refractivity contribution in [1.29, 1.82) is 0 Å². The van der Waals surface area contributed by atoms with Gasteiger partial charge in [-0.2, -0.15) is 0 Å². The van der Waals surface area contributed by atoms with Crippen LogP contribution in [0.25, 0.3) is 0 Å². The SMILES string of the molecule is OCCCCCCOC(=S)C=S. The highest BCUT2D eigenvalue weighted by molar-refractivity contribution is 7.87. The van der Waals surface area contributed by atoms with Gasteiger partial charge in [0.05, 0.1) is 12.0 Å². The van der Waals surface area contributed by atoms with Crippen LogP contribution in [0, 0.1) is 0 Å². The van der Waals surface area contributed by atoms with E-state index in [0.29, 0.717) is 11.7 Å². The molecule has 0 unspecified atom stereocenters. The Hall–Kier alpha value is -0.0600. The zero-order valence-electron chi connectivity index (χ0n) is 6.99. The summed E-state index contributed by atoms with van der Waals surface area (Å²) in [6, 6.07) is 0. The van der Waals surface area contributed by atoms with Gasteiger partial charge in [-0.15, -0.1) is 0 Å². The van der Waals surface area contributed by atoms with Gasteiger partial charge in [-0.1, -0.05) is 18.6 Å². The molecule has 0 aromatic heterocycles. The zero-order chi connectivity index (χ0) is 9.23. The van der Waals surface area contributed by atoms with E-state index < -0.39 is 0 Å². The van der Waals surface area contributed by atoms with Crippen LogP contribution in [0.15, 0.2) is 0 Å². The lowest BCUT2D eigenvalue weighted by atomic mass is 10.2. The van der Waals surface area contributed by atoms with E-state index in [0.717, 1.165) is 25.7 Å². The second kappa shape index (κ2) is 9.03. The Bertz CT molecular complexity index is 137. The quantitative estimate of drug-likeness (QED) is 0.509. The van der Waals surface area contributed by atoms with Gasteiger partial charge in [-0.25, -0.2) is 0 Å². The van der Waals surface area contributed by atoms with Gasteiger partial charge in [0.25, 0.3) is 0 Å². The molecule has 0 saturated heterocycles. The van der Waals surface area contributed by atoms with Crippen molar-refractivity contribution in [3.8, 4) is 0 Å². The molecule has 12 heavy (non-hydrogen) atoms. The van der Waals surface area contributed by atoms with Crippen LogP contribution in [-0.4, -0.2) is 28.7 Å². The summed E-state index contributed by atoms with van der Waals surface area (Å²) in [4.78, 5) is 0. The number of thiocarbonyl (C=S) groups is 2. The highest BCUT2D eigenvalue weighted by Crippen LogP contribution is 1.99. The molecule has 0 spiro atoms. The number of unbranched alkanes of at least 4 members (excludes halogenated alkanes) is 3. The Morgan fingerprint density at radius 2 is 1.92 bits per heavy atom. The van der Waals surface area contributed by atoms with Crippen molar-refractivity contribution in [2.45, 2.75) is 25.7 Å². The minimum absolute atomic E-state index is 0.277. The molecule has 70 valence electrons. The van der Waals surface area contributed by atoms with Gasteiger partial charge >= 0.3 is 0 Å². The van der Waals surface area contributed by atoms with E-state index in [1.807, 2.05) is 0 Å². The van der Waals surface area contributed by atoms with Crippen molar-refractivity contribution in [1.82, 2.24) is 0 Å². The van der Waals surface area contributed by atoms with Gasteiger partial charge in [0.15, 0.2) is 5.05 Å². The van der Waals surface area contributed by atoms with Crippen molar-refractivity contribution < 1.29 is 9.84 Å². The predicted molar refractivity (Wildman–Crippen MR) is 57.8 cm³/mol. The fourth-order valence-corrected chi connectivity index (χ4v) is 0.926. The molecule has 0 aromatic rings. The highest BCUT2D eigenvalue weighted by atomic mass is 32.1. The average Bonchev–Trinajstić information content (AvgIpc) is 2.10. The summed E-state index contributed by atoms with van der Waals surface area (Å²) < 4.78 is 5.08. The van der Waals surface area contributed by atoms with Gasteiger partial charge in [-0.3, -0.25) is 0 Å². The third-order valence-corrected chi connectivity index (χ3v) is 1.99. The van der Waals surface area contributed by atoms with E-state index >= 15 is 0 Å². The van der Waals surface area contributed by atoms with Crippen LogP contribution >= 0.6 is 24.4 Å². The van der Waals surface area contributed by atoms with E-state index in [4.69, 9.17) is 22.1 Å². The minimum Gasteiger partial charge on any atom is -0.483 e. The molecule has 0 saturated carbocycles. The van der Waals surface area contributed by atoms with Crippen LogP contribution < -0.4 is 0 Å². The molecule has 0 atom stereocenters. The van der Waals surface area contributed by atoms with Crippen molar-refractivity contribution in [3.05, 3.63) is 0 Å². The van der Waals surface area contributed by atoms with Crippen LogP contribution in [0.2, 0.25) is 0 Å². The Morgan fingerprint density at radius 1 is 1.25 bits per heavy atom. The van der Waals surface area contributed by atoms with E-state index in [9.17, 15) is 0 Å². The Balaban J connectivity index is 3.00. The van der Waals surface area contributed by atoms with E-state index in [1.54, 1.807) is 0 Å². The van der Waals surface area contributed by atoms with E-state index in [-0.39, 0.29) is 6.61 Å². The lowest BCUT2D eigenvalue weighted by Gasteiger charge is -2.02. The molecule has 2 nitrogen and oxygen atoms in total. The molecule has 0 aliphatic carbocycles. The van der Waals surface area contributed by atoms with Crippen molar-refractivity contribution in [2.75, 3.05) is 13.2 Å². The zero-order valence-corrected chi connectivity index (χ0v) is 8.62. The molecule has 0 aliphatic rings. The van der Waals surface area contributed by atoms with Gasteiger partial charge < -0.3 is 9.84 Å². The van der Waals surface area contributed by atoms with Crippen LogP contribution in [0.3, 0.4) is 0 Å². The number of aliphatic hydroxyl groups is 1. The number of rotatable bonds is 7. The Labute approximate surface area is 83.9 Å². The third kappa shape index (κ3) is 8.04. The molecule has 0 amide bonds. The summed E-state index contributed by atoms with van der Waals surface area (Å²) in [6.07, 6.45) is 3.96. The lowest BCUT2D eigenvalue weighted by molar-refractivity contribution is 0.273. The summed E-state index contributed by atoms with van der Waals surface area (Å²) in [7, 11) is 0. The van der Waals surface area contributed by atoms with Crippen LogP contribution in [0.5, 0.6) is 0 Å². The summed E-state index contributed by atoms with van der Waals surface area (Å²) in [5, 5.41) is 10.2. The van der Waals surface area contributed by atoms with Gasteiger partial charge in [0.1, 0.15) is 0 Å². The molecule has 0 aromatic carbocycles. The van der Waals surface area contributed by atoms with E-state index in [1.165, 1.54) is 5.37 Å². The minimum atomic E-state index is 0.277. The van der Waals surface area contributed by atoms with Crippen molar-refractivity contribution in [2.24, 2.45) is 0 Å². The fraction of sp³-hybridized carbons (Fsp3) is 0.750. The Kier molecular flexibility index (Phi) is 8.99. The lowest BCUT2D eigenvalue weighted by Crippen LogP contribution is -2.02. The molecule has 0 aliphatic heterocycles. The molecule has 0 rings (SSSR count). The first kappa shape index (κ1) is 11.9. The van der Waals surface area contributed by atoms with Crippen LogP contribution in [-0.2, 0) is 4.74 Å². The first-order valence-corrected chi connectivity index (χ1v) is 4.92. The number of hydrogen-bond acceptors (Lipinski definition) is 4. The summed E-state index contributed by atoms with van der Waals surface area (Å²) in [5.74, 6) is 0. The maximum Gasteiger partial charge on any atom is 0.194 e. The van der Waals surface area contributed by atoms with Crippen molar-refractivity contribution in [3.63, 3.8) is 0 Å². The molecule has 0 bridgehead atoms. The molecular weight excluding hydrogens is 192 g/mol. The first-order valence-electron chi connectivity index (χ1n) is 4.04. The third-order valence-electron chi connectivity index (χ3n) is 1.39. The van der Waals surface area contributed by atoms with Crippen molar-refractivity contribution >= 4 is 34.9 Å². The summed E-state index contributed by atoms with van der Waals surface area (Å²) >= 11 is 9.30. The fourth-order valence-electron chi connectivity index (χ4n) is 0.774. The van der Waals surface area contributed by atoms with Gasteiger partial charge in [0.2, 0.25) is 0 Å². The monoisotopic (exact) mass is 206 g/mol. The van der Waals surface area contributed by atoms with E-state index in [2.05, 4.69) is 12.2 Å². The Morgan fingerprint density at radius 3 is 2.50 bits per heavy atom. The summed E-state index contributed by atoms with van der Waals surface area (Å²) in [6.45, 7) is 0.913. The normalized spacial score (nSPS) is 9.42. The van der Waals surface area contributed by atoms with Gasteiger partial charge in [0, 0.05) is 6.61 Å². The van der Waals surface area contributed by atoms with Crippen LogP contribution in [0.4, 0.5) is 0 Å². The first-order chi connectivity index (χ1) is 5.81. The van der Waals surface area contributed by atoms with Crippen LogP contribution in [0.1, 0.15) is 25.7 Å². The molecular formula is C8H14O2S2. The molecule has 0 fully saturated rings. The number of aliphatic hydroxyl groups excluding tert-OH is 1. The molecule has 0 radical (unpaired) electrons. The smallest absolute Gasteiger partial charge is 0.194 e. The maximum absolute atomic E-state index is 8.48. The number of ether oxygens (including phenoxy) is 1. The second-order valence-corrected chi connectivity index (χ2v) is 3.06. The standard InChI is InChI=1S/C8H14O2S2/c9-5-3-1-2-4-6-10-8(12)7-11/h7,9H,1-6H2. The molecule has 0 heterocycles. The molecule has 1 N–H and O–H groups in total. The highest BCUT2D eigenvalue weighted by Gasteiger charge is 1.92. The topological polar surface area (TPSA) is 29.5 Å². The maximum atomic E-state index is 8.48. The molecule has 4 heteroatoms. The largest absolute Gasteiger partial charge is 0.483 e. The predicted octanol–water partition coefficient (Wildman–Crippen LogP) is 1.88. The van der Waals surface area contributed by atoms with Gasteiger partial charge in [-0.05, 0) is 31.5 Å².